The maximum absolute atomic E-state index is 9.32. The first-order valence-electron chi connectivity index (χ1n) is 9.41. The summed E-state index contributed by atoms with van der Waals surface area (Å²) >= 11 is 0. The van der Waals surface area contributed by atoms with Gasteiger partial charge in [-0.05, 0) is 29.7 Å². The van der Waals surface area contributed by atoms with E-state index in [0.29, 0.717) is 0 Å². The topological polar surface area (TPSA) is 35.8 Å². The number of hydrogen-bond acceptors (Lipinski definition) is 3. The Labute approximate surface area is 168 Å². The van der Waals surface area contributed by atoms with Crippen molar-refractivity contribution in [3.8, 4) is 0 Å². The molecule has 0 saturated carbocycles. The molecule has 1 aliphatic rings. The maximum atomic E-state index is 9.32. The average Bonchev–Trinajstić information content (AvgIpc) is 2.74. The molecule has 0 fully saturated rings. The third-order valence-electron chi connectivity index (χ3n) is 4.75. The molecule has 28 heavy (non-hydrogen) atoms. The van der Waals surface area contributed by atoms with Crippen LogP contribution in [-0.2, 0) is 0 Å². The molecule has 1 N–H and O–H groups in total. The first-order chi connectivity index (χ1) is 13.7. The van der Waals surface area contributed by atoms with Crippen LogP contribution in [0.1, 0.15) is 18.1 Å². The van der Waals surface area contributed by atoms with Gasteiger partial charge in [-0.15, -0.1) is 0 Å². The van der Waals surface area contributed by atoms with Crippen molar-refractivity contribution in [2.75, 3.05) is 7.05 Å². The third kappa shape index (κ3) is 4.24. The summed E-state index contributed by atoms with van der Waals surface area (Å²) in [7, 11) is 2.11. The highest BCUT2D eigenvalue weighted by atomic mass is 16.2. The summed E-state index contributed by atoms with van der Waals surface area (Å²) in [6.45, 7) is 5.87. The first kappa shape index (κ1) is 19.7. The predicted octanol–water partition coefficient (Wildman–Crippen LogP) is 3.45. The second kappa shape index (κ2) is 9.20. The van der Waals surface area contributed by atoms with Crippen molar-refractivity contribution in [1.29, 1.82) is 0 Å². The molecule has 0 amide bonds. The summed E-state index contributed by atoms with van der Waals surface area (Å²) in [6.07, 6.45) is 9.88. The van der Waals surface area contributed by atoms with Crippen LogP contribution in [-0.4, -0.2) is 36.3 Å². The largest absolute Gasteiger partial charge is 0.449 e. The van der Waals surface area contributed by atoms with Gasteiger partial charge in [0, 0.05) is 12.7 Å². The van der Waals surface area contributed by atoms with Gasteiger partial charge in [-0.1, -0.05) is 90.9 Å². The summed E-state index contributed by atoms with van der Waals surface area (Å²) < 4.78 is 0. The van der Waals surface area contributed by atoms with Gasteiger partial charge in [0.1, 0.15) is 6.17 Å². The monoisotopic (exact) mass is 368 g/mol. The predicted molar refractivity (Wildman–Crippen MR) is 121 cm³/mol. The van der Waals surface area contributed by atoms with E-state index in [9.17, 15) is 5.02 Å². The van der Waals surface area contributed by atoms with Gasteiger partial charge in [0.15, 0.2) is 0 Å². The smallest absolute Gasteiger partial charge is 0.304 e. The molecule has 0 saturated heterocycles. The Balaban J connectivity index is 2.12. The Hall–Kier alpha value is -3.11. The second-order valence-corrected chi connectivity index (χ2v) is 6.65. The molecule has 0 bridgehead atoms. The van der Waals surface area contributed by atoms with E-state index in [2.05, 4.69) is 42.8 Å². The summed E-state index contributed by atoms with van der Waals surface area (Å²) in [5.41, 5.74) is 6.18. The molecule has 3 rings (SSSR count). The Bertz CT molecular complexity index is 940. The normalized spacial score (nSPS) is 17.3. The van der Waals surface area contributed by atoms with Crippen LogP contribution in [0, 0.1) is 0 Å². The van der Waals surface area contributed by atoms with Crippen molar-refractivity contribution in [2.45, 2.75) is 13.1 Å². The van der Waals surface area contributed by atoms with Crippen LogP contribution in [0.5, 0.6) is 0 Å². The van der Waals surface area contributed by atoms with Crippen molar-refractivity contribution in [2.24, 2.45) is 4.99 Å². The Morgan fingerprint density at radius 2 is 1.82 bits per heavy atom. The van der Waals surface area contributed by atoms with E-state index >= 15 is 0 Å². The first-order valence-corrected chi connectivity index (χ1v) is 9.41. The minimum atomic E-state index is -0.151. The minimum absolute atomic E-state index is 0.0384. The van der Waals surface area contributed by atoms with Gasteiger partial charge in [0.2, 0.25) is 0 Å². The summed E-state index contributed by atoms with van der Waals surface area (Å²) in [5, 5.41) is 9.32. The van der Waals surface area contributed by atoms with Crippen molar-refractivity contribution in [3.63, 3.8) is 0 Å². The number of rotatable bonds is 6. The van der Waals surface area contributed by atoms with Crippen LogP contribution < -0.4 is 5.46 Å². The van der Waals surface area contributed by atoms with E-state index in [1.54, 1.807) is 6.08 Å². The molecule has 140 valence electrons. The molecular formula is C24H25BN2O. The van der Waals surface area contributed by atoms with E-state index in [-0.39, 0.29) is 13.6 Å². The van der Waals surface area contributed by atoms with Crippen LogP contribution in [0.2, 0.25) is 0 Å². The highest BCUT2D eigenvalue weighted by Gasteiger charge is 2.25. The van der Waals surface area contributed by atoms with Crippen LogP contribution in [0.15, 0.2) is 102 Å². The number of nitrogens with zero attached hydrogens (tertiary/aromatic N) is 2. The molecule has 1 atom stereocenters. The van der Waals surface area contributed by atoms with Crippen LogP contribution in [0.25, 0.3) is 5.70 Å². The quantitative estimate of drug-likeness (QED) is 0.626. The van der Waals surface area contributed by atoms with Crippen molar-refractivity contribution >= 4 is 24.4 Å². The van der Waals surface area contributed by atoms with Gasteiger partial charge in [-0.2, -0.15) is 0 Å². The van der Waals surface area contributed by atoms with E-state index in [1.807, 2.05) is 61.5 Å². The lowest BCUT2D eigenvalue weighted by atomic mass is 9.87. The number of hydrogen-bond donors (Lipinski definition) is 1. The van der Waals surface area contributed by atoms with Gasteiger partial charge < -0.3 is 9.92 Å². The molecule has 0 aromatic heterocycles. The van der Waals surface area contributed by atoms with Gasteiger partial charge in [0.05, 0.1) is 5.71 Å². The number of benzene rings is 2. The molecule has 0 aliphatic carbocycles. The molecule has 2 aromatic carbocycles. The zero-order valence-corrected chi connectivity index (χ0v) is 16.4. The van der Waals surface area contributed by atoms with Crippen molar-refractivity contribution in [3.05, 3.63) is 108 Å². The maximum Gasteiger partial charge on any atom is 0.304 e. The second-order valence-electron chi connectivity index (χ2n) is 6.65. The highest BCUT2D eigenvalue weighted by molar-refractivity contribution is 6.45. The number of allylic oxidation sites excluding steroid dienone is 4. The molecule has 3 nitrogen and oxygen atoms in total. The molecule has 4 heteroatoms. The number of likely N-dealkylation sites (N-methyl/N-ethyl adjacent to an activating group) is 1. The molecule has 1 unspecified atom stereocenters. The fraction of sp³-hybridized carbons (Fsp3) is 0.125. The minimum Gasteiger partial charge on any atom is -0.449 e. The van der Waals surface area contributed by atoms with Crippen LogP contribution >= 0.6 is 0 Å². The lowest BCUT2D eigenvalue weighted by Gasteiger charge is -2.34. The van der Waals surface area contributed by atoms with Crippen molar-refractivity contribution in [1.82, 2.24) is 4.90 Å². The standard InChI is InChI=1S/C24H25BN2O/c1-4-9-20(10-5-2)24-26-22(18-13-15-21(25-28)16-14-18)17-23(27(24)3)19-11-7-6-8-12-19/h4-17,24-25,28H,1H2,2-3H3/b10-5-,20-9+. The van der Waals surface area contributed by atoms with E-state index < -0.39 is 0 Å². The fourth-order valence-electron chi connectivity index (χ4n) is 3.31. The number of aliphatic imine (C=N–C) groups is 1. The summed E-state index contributed by atoms with van der Waals surface area (Å²) in [4.78, 5) is 7.23. The van der Waals surface area contributed by atoms with Gasteiger partial charge in [0.25, 0.3) is 0 Å². The molecule has 2 aromatic rings. The SMILES string of the molecule is C=C/C=C(\C=C/C)C1N=C(c2ccc(BO)cc2)C=C(c2ccccc2)N1C. The molecule has 1 heterocycles. The van der Waals surface area contributed by atoms with E-state index in [1.165, 1.54) is 0 Å². The molecular weight excluding hydrogens is 343 g/mol. The fourth-order valence-corrected chi connectivity index (χ4v) is 3.31. The van der Waals surface area contributed by atoms with Crippen molar-refractivity contribution < 1.29 is 5.02 Å². The van der Waals surface area contributed by atoms with Gasteiger partial charge >= 0.3 is 7.48 Å². The summed E-state index contributed by atoms with van der Waals surface area (Å²) in [5.74, 6) is 0. The van der Waals surface area contributed by atoms with E-state index in [0.717, 1.165) is 33.6 Å². The average molecular weight is 368 g/mol. The van der Waals surface area contributed by atoms with Crippen LogP contribution in [0.3, 0.4) is 0 Å². The van der Waals surface area contributed by atoms with Gasteiger partial charge in [-0.25, -0.2) is 0 Å². The Kier molecular flexibility index (Phi) is 6.46. The Morgan fingerprint density at radius 3 is 2.43 bits per heavy atom. The van der Waals surface area contributed by atoms with E-state index in [4.69, 9.17) is 4.99 Å². The Morgan fingerprint density at radius 1 is 1.11 bits per heavy atom. The lowest BCUT2D eigenvalue weighted by Crippen LogP contribution is -2.34. The zero-order chi connectivity index (χ0) is 19.9. The molecule has 1 aliphatic heterocycles. The highest BCUT2D eigenvalue weighted by Crippen LogP contribution is 2.29. The molecule has 0 spiro atoms. The molecule has 0 radical (unpaired) electrons. The van der Waals surface area contributed by atoms with Gasteiger partial charge in [-0.3, -0.25) is 4.99 Å². The summed E-state index contributed by atoms with van der Waals surface area (Å²) in [6, 6.07) is 18.3. The zero-order valence-electron chi connectivity index (χ0n) is 16.4. The third-order valence-corrected chi connectivity index (χ3v) is 4.75. The lowest BCUT2D eigenvalue weighted by molar-refractivity contribution is 0.402. The van der Waals surface area contributed by atoms with Crippen LogP contribution in [0.4, 0.5) is 0 Å².